The van der Waals surface area contributed by atoms with Crippen molar-refractivity contribution in [3.05, 3.63) is 35.4 Å². The fourth-order valence-electron chi connectivity index (χ4n) is 3.08. The molecule has 0 aromatic heterocycles. The molecule has 7 heteroatoms. The average molecular weight is 363 g/mol. The molecule has 1 saturated carbocycles. The summed E-state index contributed by atoms with van der Waals surface area (Å²) in [6, 6.07) is 2.69. The van der Waals surface area contributed by atoms with E-state index in [2.05, 4.69) is 5.32 Å². The Morgan fingerprint density at radius 3 is 2.58 bits per heavy atom. The lowest BCUT2D eigenvalue weighted by Gasteiger charge is -2.57. The fourth-order valence-corrected chi connectivity index (χ4v) is 3.08. The number of nitrogens with one attached hydrogen (secondary N) is 1. The van der Waals surface area contributed by atoms with Gasteiger partial charge in [-0.3, -0.25) is 4.79 Å². The van der Waals surface area contributed by atoms with Crippen LogP contribution in [-0.4, -0.2) is 24.2 Å². The van der Waals surface area contributed by atoms with Gasteiger partial charge in [0.15, 0.2) is 0 Å². The lowest BCUT2D eigenvalue weighted by Crippen LogP contribution is -2.75. The summed E-state index contributed by atoms with van der Waals surface area (Å²) in [6.45, 7) is 7.87. The van der Waals surface area contributed by atoms with E-state index in [1.807, 2.05) is 20.8 Å². The topological polar surface area (TPSA) is 64.3 Å². The van der Waals surface area contributed by atoms with Crippen LogP contribution in [-0.2, 0) is 9.53 Å². The molecule has 1 amide bonds. The molecule has 136 valence electrons. The first-order chi connectivity index (χ1) is 10.6. The van der Waals surface area contributed by atoms with Crippen molar-refractivity contribution in [2.75, 3.05) is 6.61 Å². The smallest absolute Gasteiger partial charge is 0.241 e. The van der Waals surface area contributed by atoms with E-state index in [0.29, 0.717) is 13.0 Å². The first kappa shape index (κ1) is 20.8. The summed E-state index contributed by atoms with van der Waals surface area (Å²) >= 11 is 0. The van der Waals surface area contributed by atoms with E-state index in [1.54, 1.807) is 6.92 Å². The van der Waals surface area contributed by atoms with Gasteiger partial charge in [-0.05, 0) is 19.9 Å². The molecule has 1 aromatic rings. The molecule has 0 aliphatic heterocycles. The van der Waals surface area contributed by atoms with Crippen molar-refractivity contribution >= 4 is 18.3 Å². The predicted octanol–water partition coefficient (Wildman–Crippen LogP) is 3.10. The van der Waals surface area contributed by atoms with Crippen LogP contribution in [0.1, 0.15) is 45.7 Å². The predicted molar refractivity (Wildman–Crippen MR) is 90.9 cm³/mol. The van der Waals surface area contributed by atoms with Gasteiger partial charge < -0.3 is 15.8 Å². The van der Waals surface area contributed by atoms with Crippen LogP contribution in [0.5, 0.6) is 0 Å². The molecule has 0 bridgehead atoms. The van der Waals surface area contributed by atoms with Crippen molar-refractivity contribution in [2.45, 2.75) is 51.8 Å². The lowest BCUT2D eigenvalue weighted by molar-refractivity contribution is -0.171. The number of hydrogen-bond acceptors (Lipinski definition) is 3. The molecule has 1 aromatic carbocycles. The summed E-state index contributed by atoms with van der Waals surface area (Å²) in [5.74, 6) is -1.70. The molecule has 3 atom stereocenters. The Bertz CT molecular complexity index is 612. The van der Waals surface area contributed by atoms with Crippen LogP contribution in [0, 0.1) is 17.0 Å². The van der Waals surface area contributed by atoms with E-state index in [-0.39, 0.29) is 30.0 Å². The molecule has 0 spiro atoms. The number of carbonyl (C=O) groups excluding carboxylic acids is 1. The van der Waals surface area contributed by atoms with Gasteiger partial charge in [0.1, 0.15) is 17.2 Å². The SMILES string of the molecule is CCOC1CC(N)(C(=O)NC(C)c2ccc(F)cc2F)C1(C)C.Cl. The van der Waals surface area contributed by atoms with Gasteiger partial charge in [-0.25, -0.2) is 8.78 Å². The van der Waals surface area contributed by atoms with Gasteiger partial charge in [-0.2, -0.15) is 0 Å². The Morgan fingerprint density at radius 2 is 2.08 bits per heavy atom. The zero-order valence-electron chi connectivity index (χ0n) is 14.4. The second-order valence-electron chi connectivity index (χ2n) is 6.70. The largest absolute Gasteiger partial charge is 0.378 e. The number of benzene rings is 1. The van der Waals surface area contributed by atoms with Gasteiger partial charge in [-0.15, -0.1) is 12.4 Å². The molecule has 4 nitrogen and oxygen atoms in total. The first-order valence-corrected chi connectivity index (χ1v) is 7.80. The number of hydrogen-bond donors (Lipinski definition) is 2. The molecule has 0 saturated heterocycles. The Kier molecular flexibility index (Phi) is 6.36. The zero-order valence-corrected chi connectivity index (χ0v) is 15.2. The summed E-state index contributed by atoms with van der Waals surface area (Å²) in [7, 11) is 0. The maximum atomic E-state index is 13.8. The van der Waals surface area contributed by atoms with Crippen LogP contribution in [0.25, 0.3) is 0 Å². The number of nitrogens with two attached hydrogens (primary N) is 1. The Labute approximate surface area is 147 Å². The number of amides is 1. The van der Waals surface area contributed by atoms with E-state index in [1.165, 1.54) is 6.07 Å². The van der Waals surface area contributed by atoms with Crippen LogP contribution in [0.15, 0.2) is 18.2 Å². The molecule has 1 fully saturated rings. The van der Waals surface area contributed by atoms with Crippen LogP contribution in [0.3, 0.4) is 0 Å². The Morgan fingerprint density at radius 1 is 1.46 bits per heavy atom. The molecule has 0 heterocycles. The van der Waals surface area contributed by atoms with Crippen LogP contribution in [0.2, 0.25) is 0 Å². The number of halogens is 3. The molecular weight excluding hydrogens is 338 g/mol. The number of carbonyl (C=O) groups is 1. The van der Waals surface area contributed by atoms with E-state index < -0.39 is 28.6 Å². The molecule has 2 rings (SSSR count). The van der Waals surface area contributed by atoms with Crippen molar-refractivity contribution in [3.63, 3.8) is 0 Å². The minimum absolute atomic E-state index is 0. The standard InChI is InChI=1S/C17H24F2N2O2.ClH/c1-5-23-14-9-17(20,16(14,3)4)15(22)21-10(2)12-7-6-11(18)8-13(12)19;/h6-8,10,14H,5,9,20H2,1-4H3,(H,21,22);1H. The van der Waals surface area contributed by atoms with Crippen molar-refractivity contribution in [2.24, 2.45) is 11.1 Å². The summed E-state index contributed by atoms with van der Waals surface area (Å²) in [4.78, 5) is 12.6. The highest BCUT2D eigenvalue weighted by Gasteiger charge is 2.62. The van der Waals surface area contributed by atoms with Crippen molar-refractivity contribution in [1.29, 1.82) is 0 Å². The summed E-state index contributed by atoms with van der Waals surface area (Å²) < 4.78 is 32.4. The van der Waals surface area contributed by atoms with E-state index >= 15 is 0 Å². The van der Waals surface area contributed by atoms with E-state index in [0.717, 1.165) is 12.1 Å². The maximum Gasteiger partial charge on any atom is 0.241 e. The van der Waals surface area contributed by atoms with Crippen LogP contribution >= 0.6 is 12.4 Å². The van der Waals surface area contributed by atoms with E-state index in [9.17, 15) is 13.6 Å². The zero-order chi connectivity index (χ0) is 17.4. The van der Waals surface area contributed by atoms with Gasteiger partial charge in [0.2, 0.25) is 5.91 Å². The minimum atomic E-state index is -1.07. The maximum absolute atomic E-state index is 13.8. The lowest BCUT2D eigenvalue weighted by atomic mass is 9.54. The van der Waals surface area contributed by atoms with Crippen LogP contribution < -0.4 is 11.1 Å². The molecular formula is C17H25ClF2N2O2. The normalized spacial score (nSPS) is 26.0. The third-order valence-electron chi connectivity index (χ3n) is 5.01. The Balaban J connectivity index is 0.00000288. The first-order valence-electron chi connectivity index (χ1n) is 7.80. The highest BCUT2D eigenvalue weighted by atomic mass is 35.5. The second-order valence-corrected chi connectivity index (χ2v) is 6.70. The van der Waals surface area contributed by atoms with Gasteiger partial charge in [0.25, 0.3) is 0 Å². The monoisotopic (exact) mass is 362 g/mol. The second kappa shape index (κ2) is 7.33. The fraction of sp³-hybridized carbons (Fsp3) is 0.588. The summed E-state index contributed by atoms with van der Waals surface area (Å²) in [6.07, 6.45) is 0.333. The number of rotatable bonds is 5. The number of ether oxygens (including phenoxy) is 1. The van der Waals surface area contributed by atoms with Gasteiger partial charge >= 0.3 is 0 Å². The molecule has 0 radical (unpaired) electrons. The third kappa shape index (κ3) is 3.41. The van der Waals surface area contributed by atoms with Crippen molar-refractivity contribution < 1.29 is 18.3 Å². The molecule has 24 heavy (non-hydrogen) atoms. The van der Waals surface area contributed by atoms with Crippen molar-refractivity contribution in [1.82, 2.24) is 5.32 Å². The van der Waals surface area contributed by atoms with Crippen molar-refractivity contribution in [3.8, 4) is 0 Å². The third-order valence-corrected chi connectivity index (χ3v) is 5.01. The summed E-state index contributed by atoms with van der Waals surface area (Å²) in [5, 5.41) is 2.74. The molecule has 1 aliphatic carbocycles. The molecule has 3 unspecified atom stereocenters. The quantitative estimate of drug-likeness (QED) is 0.846. The van der Waals surface area contributed by atoms with Gasteiger partial charge in [-0.1, -0.05) is 19.9 Å². The van der Waals surface area contributed by atoms with E-state index in [4.69, 9.17) is 10.5 Å². The minimum Gasteiger partial charge on any atom is -0.378 e. The van der Waals surface area contributed by atoms with Gasteiger partial charge in [0.05, 0.1) is 12.1 Å². The highest BCUT2D eigenvalue weighted by Crippen LogP contribution is 2.50. The van der Waals surface area contributed by atoms with Gasteiger partial charge in [0, 0.05) is 30.1 Å². The Hall–Kier alpha value is -1.24. The average Bonchev–Trinajstić information content (AvgIpc) is 2.46. The summed E-state index contributed by atoms with van der Waals surface area (Å²) in [5.41, 5.74) is 4.92. The highest BCUT2D eigenvalue weighted by molar-refractivity contribution is 5.89. The van der Waals surface area contributed by atoms with Crippen LogP contribution in [0.4, 0.5) is 8.78 Å². The molecule has 3 N–H and O–H groups in total. The molecule has 1 aliphatic rings.